The lowest BCUT2D eigenvalue weighted by atomic mass is 9.86. The summed E-state index contributed by atoms with van der Waals surface area (Å²) in [6, 6.07) is 14.4. The van der Waals surface area contributed by atoms with Gasteiger partial charge in [-0.2, -0.15) is 0 Å². The van der Waals surface area contributed by atoms with Crippen LogP contribution in [0.3, 0.4) is 0 Å². The number of carbonyl (C=O) groups excluding carboxylic acids is 1. The van der Waals surface area contributed by atoms with Crippen molar-refractivity contribution in [2.75, 3.05) is 6.61 Å². The van der Waals surface area contributed by atoms with Crippen molar-refractivity contribution in [3.8, 4) is 5.75 Å². The van der Waals surface area contributed by atoms with E-state index >= 15 is 0 Å². The van der Waals surface area contributed by atoms with Gasteiger partial charge in [-0.25, -0.2) is 4.79 Å². The van der Waals surface area contributed by atoms with E-state index in [9.17, 15) is 19.8 Å². The molecule has 3 rings (SSSR count). The maximum absolute atomic E-state index is 11.9. The Balaban J connectivity index is 1.72. The first-order chi connectivity index (χ1) is 12.9. The van der Waals surface area contributed by atoms with E-state index < -0.39 is 11.6 Å². The van der Waals surface area contributed by atoms with Gasteiger partial charge in [-0.3, -0.25) is 4.79 Å². The molecule has 142 valence electrons. The lowest BCUT2D eigenvalue weighted by Crippen LogP contribution is -2.51. The minimum absolute atomic E-state index is 0.0811. The number of carboxylic acid groups (broad SMARTS) is 1. The predicted octanol–water partition coefficient (Wildman–Crippen LogP) is 0.992. The van der Waals surface area contributed by atoms with Gasteiger partial charge in [0.1, 0.15) is 5.75 Å². The summed E-state index contributed by atoms with van der Waals surface area (Å²) in [5.41, 5.74) is 3.84. The van der Waals surface area contributed by atoms with Gasteiger partial charge >= 0.3 is 5.97 Å². The number of carboxylic acids is 1. The topological polar surface area (TPSA) is 122 Å². The van der Waals surface area contributed by atoms with Gasteiger partial charge in [0.05, 0.1) is 0 Å². The second-order valence-electron chi connectivity index (χ2n) is 6.69. The van der Waals surface area contributed by atoms with E-state index in [1.807, 2.05) is 0 Å². The van der Waals surface area contributed by atoms with Crippen molar-refractivity contribution >= 4 is 11.9 Å². The van der Waals surface area contributed by atoms with E-state index in [0.29, 0.717) is 5.75 Å². The molecule has 1 amide bonds. The van der Waals surface area contributed by atoms with Crippen LogP contribution in [0.5, 0.6) is 5.75 Å². The molecule has 0 bridgehead atoms. The van der Waals surface area contributed by atoms with Gasteiger partial charge < -0.3 is 26.0 Å². The maximum Gasteiger partial charge on any atom is 0.345 e. The van der Waals surface area contributed by atoms with Crippen molar-refractivity contribution in [3.63, 3.8) is 0 Å². The molecule has 0 spiro atoms. The fourth-order valence-corrected chi connectivity index (χ4v) is 3.10. The number of nitrogens with two attached hydrogens (primary N) is 1. The Hall–Kier alpha value is -2.90. The second kappa shape index (κ2) is 7.77. The highest BCUT2D eigenvalue weighted by Crippen LogP contribution is 2.32. The lowest BCUT2D eigenvalue weighted by molar-refractivity contribution is -0.155. The molecule has 1 aliphatic rings. The standard InChI is InChI=1S/C20H22N2O5/c21-15-10-16(11-15)22-18(23)12-27-17-8-4-7-14(9-17)20(26,19(24)25)13-5-2-1-3-6-13/h1-9,15-16,26H,10-12,21H2,(H,22,23)(H,24,25). The van der Waals surface area contributed by atoms with Gasteiger partial charge in [0.2, 0.25) is 5.60 Å². The summed E-state index contributed by atoms with van der Waals surface area (Å²) in [4.78, 5) is 23.7. The highest BCUT2D eigenvalue weighted by atomic mass is 16.5. The first-order valence-electron chi connectivity index (χ1n) is 8.69. The molecule has 2 aromatic rings. The first kappa shape index (κ1) is 18.9. The summed E-state index contributed by atoms with van der Waals surface area (Å²) < 4.78 is 5.47. The Morgan fingerprint density at radius 3 is 2.41 bits per heavy atom. The van der Waals surface area contributed by atoms with E-state index in [1.54, 1.807) is 42.5 Å². The number of hydrogen-bond acceptors (Lipinski definition) is 5. The third-order valence-electron chi connectivity index (χ3n) is 4.66. The largest absolute Gasteiger partial charge is 0.484 e. The highest BCUT2D eigenvalue weighted by molar-refractivity contribution is 5.84. The molecular formula is C20H22N2O5. The van der Waals surface area contributed by atoms with E-state index in [-0.39, 0.29) is 35.7 Å². The molecule has 1 atom stereocenters. The van der Waals surface area contributed by atoms with Gasteiger partial charge in [0, 0.05) is 17.6 Å². The number of carbonyl (C=O) groups is 2. The van der Waals surface area contributed by atoms with Crippen molar-refractivity contribution in [1.82, 2.24) is 5.32 Å². The summed E-state index contributed by atoms with van der Waals surface area (Å²) >= 11 is 0. The Labute approximate surface area is 156 Å². The molecule has 0 radical (unpaired) electrons. The smallest absolute Gasteiger partial charge is 0.345 e. The average Bonchev–Trinajstić information content (AvgIpc) is 2.65. The molecule has 0 aliphatic heterocycles. The third kappa shape index (κ3) is 4.10. The van der Waals surface area contributed by atoms with E-state index in [0.717, 1.165) is 12.8 Å². The first-order valence-corrected chi connectivity index (χ1v) is 8.69. The minimum atomic E-state index is -2.22. The molecule has 0 aromatic heterocycles. The molecule has 1 saturated carbocycles. The quantitative estimate of drug-likeness (QED) is 0.577. The number of aliphatic hydroxyl groups is 1. The molecule has 2 aromatic carbocycles. The predicted molar refractivity (Wildman–Crippen MR) is 98.2 cm³/mol. The fraction of sp³-hybridized carbons (Fsp3) is 0.300. The van der Waals surface area contributed by atoms with Gasteiger partial charge in [0.25, 0.3) is 5.91 Å². The van der Waals surface area contributed by atoms with Crippen LogP contribution in [-0.4, -0.2) is 40.8 Å². The maximum atomic E-state index is 11.9. The number of hydrogen-bond donors (Lipinski definition) is 4. The van der Waals surface area contributed by atoms with Gasteiger partial charge in [0.15, 0.2) is 6.61 Å². The SMILES string of the molecule is NC1CC(NC(=O)COc2cccc(C(O)(C(=O)O)c3ccccc3)c2)C1. The van der Waals surface area contributed by atoms with Crippen molar-refractivity contribution in [3.05, 3.63) is 65.7 Å². The summed E-state index contributed by atoms with van der Waals surface area (Å²) in [6.07, 6.45) is 1.51. The molecule has 27 heavy (non-hydrogen) atoms. The minimum Gasteiger partial charge on any atom is -0.484 e. The zero-order valence-corrected chi connectivity index (χ0v) is 14.7. The van der Waals surface area contributed by atoms with Crippen LogP contribution in [0.15, 0.2) is 54.6 Å². The number of benzene rings is 2. The van der Waals surface area contributed by atoms with Crippen molar-refractivity contribution in [2.24, 2.45) is 5.73 Å². The van der Waals surface area contributed by atoms with Gasteiger partial charge in [-0.15, -0.1) is 0 Å². The van der Waals surface area contributed by atoms with E-state index in [4.69, 9.17) is 10.5 Å². The zero-order valence-electron chi connectivity index (χ0n) is 14.7. The molecule has 7 nitrogen and oxygen atoms in total. The number of nitrogens with one attached hydrogen (secondary N) is 1. The average molecular weight is 370 g/mol. The molecule has 0 heterocycles. The summed E-state index contributed by atoms with van der Waals surface area (Å²) in [5, 5.41) is 23.3. The summed E-state index contributed by atoms with van der Waals surface area (Å²) in [7, 11) is 0. The van der Waals surface area contributed by atoms with Crippen LogP contribution in [0.2, 0.25) is 0 Å². The highest BCUT2D eigenvalue weighted by Gasteiger charge is 2.40. The second-order valence-corrected chi connectivity index (χ2v) is 6.69. The van der Waals surface area contributed by atoms with Crippen LogP contribution in [0.1, 0.15) is 24.0 Å². The van der Waals surface area contributed by atoms with Crippen LogP contribution < -0.4 is 15.8 Å². The molecule has 1 fully saturated rings. The van der Waals surface area contributed by atoms with Gasteiger partial charge in [-0.05, 0) is 30.5 Å². The number of ether oxygens (including phenoxy) is 1. The van der Waals surface area contributed by atoms with Crippen molar-refractivity contribution in [1.29, 1.82) is 0 Å². The van der Waals surface area contributed by atoms with Crippen LogP contribution >= 0.6 is 0 Å². The van der Waals surface area contributed by atoms with Gasteiger partial charge in [-0.1, -0.05) is 42.5 Å². The van der Waals surface area contributed by atoms with Crippen molar-refractivity contribution < 1.29 is 24.5 Å². The molecule has 0 saturated heterocycles. The monoisotopic (exact) mass is 370 g/mol. The van der Waals surface area contributed by atoms with E-state index in [1.165, 1.54) is 12.1 Å². The molecular weight excluding hydrogens is 348 g/mol. The molecule has 5 N–H and O–H groups in total. The molecule has 1 aliphatic carbocycles. The Morgan fingerprint density at radius 2 is 1.78 bits per heavy atom. The number of amides is 1. The Morgan fingerprint density at radius 1 is 1.11 bits per heavy atom. The molecule has 1 unspecified atom stereocenters. The third-order valence-corrected chi connectivity index (χ3v) is 4.66. The van der Waals surface area contributed by atoms with Crippen LogP contribution in [0, 0.1) is 0 Å². The molecule has 7 heteroatoms. The number of aliphatic carboxylic acids is 1. The van der Waals surface area contributed by atoms with Crippen molar-refractivity contribution in [2.45, 2.75) is 30.5 Å². The summed E-state index contributed by atoms with van der Waals surface area (Å²) in [6.45, 7) is -0.202. The zero-order chi connectivity index (χ0) is 19.4. The van der Waals surface area contributed by atoms with Crippen LogP contribution in [-0.2, 0) is 15.2 Å². The fourth-order valence-electron chi connectivity index (χ4n) is 3.10. The lowest BCUT2D eigenvalue weighted by Gasteiger charge is -2.32. The Kier molecular flexibility index (Phi) is 5.43. The summed E-state index contributed by atoms with van der Waals surface area (Å²) in [5.74, 6) is -1.37. The van der Waals surface area contributed by atoms with Crippen LogP contribution in [0.25, 0.3) is 0 Å². The van der Waals surface area contributed by atoms with E-state index in [2.05, 4.69) is 5.32 Å². The van der Waals surface area contributed by atoms with Crippen LogP contribution in [0.4, 0.5) is 0 Å². The Bertz CT molecular complexity index is 820. The normalized spacial score (nSPS) is 20.8. The number of rotatable bonds is 7.